The quantitative estimate of drug-likeness (QED) is 0.470. The minimum absolute atomic E-state index is 0.000276. The lowest BCUT2D eigenvalue weighted by Crippen LogP contribution is -2.30. The average Bonchev–Trinajstić information content (AvgIpc) is 2.55. The van der Waals surface area contributed by atoms with Crippen molar-refractivity contribution >= 4 is 17.6 Å². The zero-order valence-corrected chi connectivity index (χ0v) is 12.6. The highest BCUT2D eigenvalue weighted by atomic mass is 16.3. The molecule has 0 aliphatic heterocycles. The molecule has 0 radical (unpaired) electrons. The molecule has 0 aliphatic carbocycles. The number of amides is 1. The number of guanidine groups is 1. The molecule has 0 saturated heterocycles. The van der Waals surface area contributed by atoms with Gasteiger partial charge in [-0.3, -0.25) is 4.79 Å². The maximum atomic E-state index is 12.2. The van der Waals surface area contributed by atoms with Gasteiger partial charge in [-0.15, -0.1) is 0 Å². The van der Waals surface area contributed by atoms with Crippen molar-refractivity contribution in [3.8, 4) is 0 Å². The maximum Gasteiger partial charge on any atom is 0.230 e. The highest BCUT2D eigenvalue weighted by molar-refractivity contribution is 5.83. The van der Waals surface area contributed by atoms with Crippen LogP contribution in [0.25, 0.3) is 0 Å². The van der Waals surface area contributed by atoms with Crippen molar-refractivity contribution in [3.63, 3.8) is 0 Å². The van der Waals surface area contributed by atoms with E-state index in [1.54, 1.807) is 12.1 Å². The van der Waals surface area contributed by atoms with Crippen molar-refractivity contribution in [2.75, 3.05) is 6.61 Å². The van der Waals surface area contributed by atoms with Gasteiger partial charge in [-0.2, -0.15) is 0 Å². The van der Waals surface area contributed by atoms with Gasteiger partial charge in [-0.05, 0) is 23.3 Å². The van der Waals surface area contributed by atoms with Gasteiger partial charge in [0, 0.05) is 6.54 Å². The molecule has 2 rings (SSSR count). The number of nitrogens with zero attached hydrogens (tertiary/aromatic N) is 1. The van der Waals surface area contributed by atoms with E-state index in [0.717, 1.165) is 11.1 Å². The number of aliphatic hydroxyl groups is 1. The van der Waals surface area contributed by atoms with Gasteiger partial charge in [-0.25, -0.2) is 4.99 Å². The van der Waals surface area contributed by atoms with Crippen LogP contribution in [-0.4, -0.2) is 23.6 Å². The molecule has 0 saturated carbocycles. The fraction of sp³-hybridized carbons (Fsp3) is 0.176. The van der Waals surface area contributed by atoms with E-state index in [-0.39, 0.29) is 18.5 Å². The monoisotopic (exact) mass is 312 g/mol. The van der Waals surface area contributed by atoms with Crippen LogP contribution in [0.15, 0.2) is 59.6 Å². The van der Waals surface area contributed by atoms with E-state index >= 15 is 0 Å². The number of benzene rings is 2. The highest BCUT2D eigenvalue weighted by Gasteiger charge is 2.18. The first-order valence-electron chi connectivity index (χ1n) is 7.22. The predicted octanol–water partition coefficient (Wildman–Crippen LogP) is 0.984. The molecule has 0 aromatic heterocycles. The molecule has 1 amide bonds. The minimum atomic E-state index is -0.572. The van der Waals surface area contributed by atoms with Gasteiger partial charge in [0.15, 0.2) is 5.96 Å². The number of rotatable bonds is 6. The predicted molar refractivity (Wildman–Crippen MR) is 90.0 cm³/mol. The molecule has 23 heavy (non-hydrogen) atoms. The fourth-order valence-corrected chi connectivity index (χ4v) is 2.17. The Balaban J connectivity index is 1.97. The van der Waals surface area contributed by atoms with Crippen LogP contribution in [0.2, 0.25) is 0 Å². The number of nitrogens with one attached hydrogen (secondary N) is 1. The second-order valence-electron chi connectivity index (χ2n) is 5.07. The van der Waals surface area contributed by atoms with Crippen LogP contribution >= 0.6 is 0 Å². The van der Waals surface area contributed by atoms with Crippen molar-refractivity contribution in [2.45, 2.75) is 12.5 Å². The molecule has 2 aromatic rings. The summed E-state index contributed by atoms with van der Waals surface area (Å²) in [4.78, 5) is 16.2. The summed E-state index contributed by atoms with van der Waals surface area (Å²) in [5, 5.41) is 12.3. The Labute approximate surface area is 134 Å². The molecule has 0 spiro atoms. The molecule has 0 bridgehead atoms. The molecule has 0 heterocycles. The Morgan fingerprint density at radius 1 is 1.09 bits per heavy atom. The summed E-state index contributed by atoms with van der Waals surface area (Å²) in [7, 11) is 0. The van der Waals surface area contributed by atoms with E-state index in [1.807, 2.05) is 42.5 Å². The van der Waals surface area contributed by atoms with Crippen LogP contribution in [0.5, 0.6) is 0 Å². The molecule has 1 atom stereocenters. The number of aliphatic hydroxyl groups excluding tert-OH is 1. The molecular formula is C17H20N4O2. The topological polar surface area (TPSA) is 114 Å². The Bertz CT molecular complexity index is 665. The summed E-state index contributed by atoms with van der Waals surface area (Å²) >= 11 is 0. The Kier molecular flexibility index (Phi) is 5.71. The Hall–Kier alpha value is -2.86. The second-order valence-corrected chi connectivity index (χ2v) is 5.07. The summed E-state index contributed by atoms with van der Waals surface area (Å²) in [6.07, 6.45) is 0. The largest absolute Gasteiger partial charge is 0.395 e. The van der Waals surface area contributed by atoms with Crippen LogP contribution in [-0.2, 0) is 11.3 Å². The number of hydrogen-bond donors (Lipinski definition) is 4. The van der Waals surface area contributed by atoms with Crippen molar-refractivity contribution in [1.29, 1.82) is 0 Å². The SMILES string of the molecule is NC(N)=Nc1ccc(CNC(=O)[C@@H](CO)c2ccccc2)cc1. The molecular weight excluding hydrogens is 292 g/mol. The Morgan fingerprint density at radius 3 is 2.30 bits per heavy atom. The summed E-state index contributed by atoms with van der Waals surface area (Å²) < 4.78 is 0. The number of carbonyl (C=O) groups excluding carboxylic acids is 1. The minimum Gasteiger partial charge on any atom is -0.395 e. The summed E-state index contributed by atoms with van der Waals surface area (Å²) in [5.74, 6) is -0.788. The molecule has 0 unspecified atom stereocenters. The van der Waals surface area contributed by atoms with Crippen LogP contribution in [0, 0.1) is 0 Å². The number of carbonyl (C=O) groups is 1. The lowest BCUT2D eigenvalue weighted by Gasteiger charge is -2.14. The standard InChI is InChI=1S/C17H20N4O2/c18-17(19)21-14-8-6-12(7-9-14)10-20-16(23)15(11-22)13-4-2-1-3-5-13/h1-9,15,22H,10-11H2,(H,20,23)(H4,18,19,21)/t15-/m0/s1. The van der Waals surface area contributed by atoms with Crippen LogP contribution in [0.4, 0.5) is 5.69 Å². The molecule has 6 heteroatoms. The van der Waals surface area contributed by atoms with Crippen LogP contribution < -0.4 is 16.8 Å². The first kappa shape index (κ1) is 16.5. The lowest BCUT2D eigenvalue weighted by molar-refractivity contribution is -0.123. The highest BCUT2D eigenvalue weighted by Crippen LogP contribution is 2.16. The van der Waals surface area contributed by atoms with E-state index in [1.165, 1.54) is 0 Å². The second kappa shape index (κ2) is 7.95. The number of aliphatic imine (C=N–C) groups is 1. The molecule has 6 N–H and O–H groups in total. The first-order valence-corrected chi connectivity index (χ1v) is 7.22. The number of hydrogen-bond acceptors (Lipinski definition) is 3. The summed E-state index contributed by atoms with van der Waals surface area (Å²) in [6.45, 7) is 0.129. The summed E-state index contributed by atoms with van der Waals surface area (Å²) in [5.41, 5.74) is 13.0. The third-order valence-corrected chi connectivity index (χ3v) is 3.36. The van der Waals surface area contributed by atoms with Gasteiger partial charge in [0.1, 0.15) is 0 Å². The third-order valence-electron chi connectivity index (χ3n) is 3.36. The maximum absolute atomic E-state index is 12.2. The van der Waals surface area contributed by atoms with Crippen LogP contribution in [0.3, 0.4) is 0 Å². The number of nitrogens with two attached hydrogens (primary N) is 2. The van der Waals surface area contributed by atoms with E-state index in [9.17, 15) is 9.90 Å². The van der Waals surface area contributed by atoms with E-state index in [4.69, 9.17) is 11.5 Å². The first-order chi connectivity index (χ1) is 11.1. The van der Waals surface area contributed by atoms with Crippen molar-refractivity contribution < 1.29 is 9.90 Å². The van der Waals surface area contributed by atoms with Gasteiger partial charge in [0.25, 0.3) is 0 Å². The smallest absolute Gasteiger partial charge is 0.230 e. The molecule has 2 aromatic carbocycles. The van der Waals surface area contributed by atoms with Crippen molar-refractivity contribution in [2.24, 2.45) is 16.5 Å². The fourth-order valence-electron chi connectivity index (χ4n) is 2.17. The van der Waals surface area contributed by atoms with Crippen molar-refractivity contribution in [1.82, 2.24) is 5.32 Å². The summed E-state index contributed by atoms with van der Waals surface area (Å²) in [6, 6.07) is 16.4. The molecule has 6 nitrogen and oxygen atoms in total. The van der Waals surface area contributed by atoms with Gasteiger partial charge in [0.2, 0.25) is 5.91 Å². The third kappa shape index (κ3) is 4.82. The molecule has 0 fully saturated rings. The lowest BCUT2D eigenvalue weighted by atomic mass is 9.99. The van der Waals surface area contributed by atoms with Gasteiger partial charge >= 0.3 is 0 Å². The normalized spacial score (nSPS) is 11.5. The van der Waals surface area contributed by atoms with E-state index < -0.39 is 5.92 Å². The molecule has 0 aliphatic rings. The van der Waals surface area contributed by atoms with Crippen LogP contribution in [0.1, 0.15) is 17.0 Å². The zero-order chi connectivity index (χ0) is 16.7. The van der Waals surface area contributed by atoms with E-state index in [0.29, 0.717) is 12.2 Å². The van der Waals surface area contributed by atoms with Gasteiger partial charge < -0.3 is 21.9 Å². The van der Waals surface area contributed by atoms with E-state index in [2.05, 4.69) is 10.3 Å². The molecule has 120 valence electrons. The Morgan fingerprint density at radius 2 is 1.74 bits per heavy atom. The zero-order valence-electron chi connectivity index (χ0n) is 12.6. The van der Waals surface area contributed by atoms with Gasteiger partial charge in [-0.1, -0.05) is 42.5 Å². The van der Waals surface area contributed by atoms with Crippen molar-refractivity contribution in [3.05, 3.63) is 65.7 Å². The average molecular weight is 312 g/mol. The van der Waals surface area contributed by atoms with Gasteiger partial charge in [0.05, 0.1) is 18.2 Å².